The number of ether oxygens (including phenoxy) is 1. The first-order valence-corrected chi connectivity index (χ1v) is 11.9. The molecule has 7 heteroatoms. The minimum Gasteiger partial charge on any atom is -0.494 e. The Labute approximate surface area is 195 Å². The molecule has 3 aromatic rings. The lowest BCUT2D eigenvalue weighted by atomic mass is 10.1. The van der Waals surface area contributed by atoms with Crippen molar-refractivity contribution in [3.05, 3.63) is 71.5 Å². The van der Waals surface area contributed by atoms with E-state index >= 15 is 0 Å². The van der Waals surface area contributed by atoms with E-state index in [0.717, 1.165) is 23.2 Å². The van der Waals surface area contributed by atoms with Crippen LogP contribution in [0.2, 0.25) is 0 Å². The van der Waals surface area contributed by atoms with E-state index in [4.69, 9.17) is 4.74 Å². The summed E-state index contributed by atoms with van der Waals surface area (Å²) in [6, 6.07) is 17.8. The first-order chi connectivity index (χ1) is 15.4. The van der Waals surface area contributed by atoms with Gasteiger partial charge in [0.15, 0.2) is 16.8 Å². The zero-order chi connectivity index (χ0) is 23.1. The van der Waals surface area contributed by atoms with Crippen LogP contribution >= 0.6 is 11.8 Å². The summed E-state index contributed by atoms with van der Waals surface area (Å²) in [5.41, 5.74) is 1.84. The van der Waals surface area contributed by atoms with Crippen LogP contribution in [0.1, 0.15) is 55.0 Å². The first-order valence-electron chi connectivity index (χ1n) is 11.0. The summed E-state index contributed by atoms with van der Waals surface area (Å²) < 4.78 is 7.63. The van der Waals surface area contributed by atoms with Crippen molar-refractivity contribution in [3.63, 3.8) is 0 Å². The molecule has 3 rings (SSSR count). The van der Waals surface area contributed by atoms with E-state index in [9.17, 15) is 4.79 Å². The molecule has 0 amide bonds. The smallest absolute Gasteiger partial charge is 0.192 e. The van der Waals surface area contributed by atoms with E-state index in [2.05, 4.69) is 52.8 Å². The molecule has 1 heterocycles. The Kier molecular flexibility index (Phi) is 8.47. The van der Waals surface area contributed by atoms with Gasteiger partial charge in [-0.05, 0) is 64.2 Å². The van der Waals surface area contributed by atoms with Gasteiger partial charge in [-0.2, -0.15) is 0 Å². The van der Waals surface area contributed by atoms with Crippen LogP contribution in [0.15, 0.2) is 59.8 Å². The number of hydrogen-bond donors (Lipinski definition) is 0. The molecule has 170 valence electrons. The molecule has 0 unspecified atom stereocenters. The van der Waals surface area contributed by atoms with Crippen LogP contribution in [-0.2, 0) is 6.54 Å². The number of nitrogens with zero attached hydrogens (tertiary/aromatic N) is 4. The number of aromatic nitrogens is 3. The number of carbonyl (C=O) groups excluding carboxylic acids is 1. The second-order valence-corrected chi connectivity index (χ2v) is 9.19. The normalized spacial score (nSPS) is 13.2. The van der Waals surface area contributed by atoms with Crippen LogP contribution in [0.5, 0.6) is 5.75 Å². The highest BCUT2D eigenvalue weighted by Gasteiger charge is 2.25. The maximum absolute atomic E-state index is 13.1. The largest absolute Gasteiger partial charge is 0.494 e. The number of thioether (sulfide) groups is 1. The summed E-state index contributed by atoms with van der Waals surface area (Å²) in [4.78, 5) is 15.2. The third kappa shape index (κ3) is 5.78. The quantitative estimate of drug-likeness (QED) is 0.298. The van der Waals surface area contributed by atoms with Gasteiger partial charge in [-0.25, -0.2) is 0 Å². The maximum Gasteiger partial charge on any atom is 0.192 e. The molecule has 2 atom stereocenters. The molecule has 0 N–H and O–H groups in total. The van der Waals surface area contributed by atoms with Crippen molar-refractivity contribution < 1.29 is 9.53 Å². The summed E-state index contributed by atoms with van der Waals surface area (Å²) in [7, 11) is 4.11. The van der Waals surface area contributed by atoms with Crippen LogP contribution in [0, 0.1) is 0 Å². The zero-order valence-corrected chi connectivity index (χ0v) is 20.3. The van der Waals surface area contributed by atoms with Crippen molar-refractivity contribution in [1.29, 1.82) is 0 Å². The average Bonchev–Trinajstić information content (AvgIpc) is 3.16. The molecule has 2 aromatic carbocycles. The van der Waals surface area contributed by atoms with Gasteiger partial charge in [0.05, 0.1) is 24.4 Å². The molecule has 0 aliphatic carbocycles. The van der Waals surface area contributed by atoms with Crippen LogP contribution in [0.25, 0.3) is 0 Å². The molecule has 0 fully saturated rings. The van der Waals surface area contributed by atoms with E-state index in [0.29, 0.717) is 18.7 Å². The molecule has 0 bridgehead atoms. The molecular formula is C25H32N4O2S. The van der Waals surface area contributed by atoms with E-state index < -0.39 is 0 Å². The Balaban J connectivity index is 1.85. The van der Waals surface area contributed by atoms with Crippen molar-refractivity contribution in [2.75, 3.05) is 20.7 Å². The molecule has 0 aliphatic heterocycles. The van der Waals surface area contributed by atoms with Crippen LogP contribution < -0.4 is 4.74 Å². The average molecular weight is 453 g/mol. The monoisotopic (exact) mass is 452 g/mol. The Morgan fingerprint density at radius 1 is 1.06 bits per heavy atom. The number of rotatable bonds is 11. The van der Waals surface area contributed by atoms with Gasteiger partial charge in [0.25, 0.3) is 0 Å². The molecule has 0 saturated heterocycles. The molecule has 0 saturated carbocycles. The fourth-order valence-corrected chi connectivity index (χ4v) is 4.59. The molecule has 1 aromatic heterocycles. The summed E-state index contributed by atoms with van der Waals surface area (Å²) in [6.45, 7) is 7.28. The lowest BCUT2D eigenvalue weighted by Gasteiger charge is -2.23. The van der Waals surface area contributed by atoms with Crippen molar-refractivity contribution >= 4 is 17.5 Å². The van der Waals surface area contributed by atoms with E-state index in [1.165, 1.54) is 17.3 Å². The van der Waals surface area contributed by atoms with Gasteiger partial charge in [-0.1, -0.05) is 49.0 Å². The molecule has 6 nitrogen and oxygen atoms in total. The molecular weight excluding hydrogens is 420 g/mol. The van der Waals surface area contributed by atoms with Gasteiger partial charge < -0.3 is 9.30 Å². The third-order valence-corrected chi connectivity index (χ3v) is 6.42. The maximum atomic E-state index is 13.1. The highest BCUT2D eigenvalue weighted by Crippen LogP contribution is 2.30. The predicted octanol–water partition coefficient (Wildman–Crippen LogP) is 5.10. The third-order valence-electron chi connectivity index (χ3n) is 5.34. The van der Waals surface area contributed by atoms with Crippen molar-refractivity contribution in [2.45, 2.75) is 50.2 Å². The Hall–Kier alpha value is -2.64. The lowest BCUT2D eigenvalue weighted by Crippen LogP contribution is -2.23. The van der Waals surface area contributed by atoms with Gasteiger partial charge in [-0.15, -0.1) is 10.2 Å². The van der Waals surface area contributed by atoms with Crippen molar-refractivity contribution in [1.82, 2.24) is 19.7 Å². The number of carbonyl (C=O) groups is 1. The topological polar surface area (TPSA) is 60.2 Å². The van der Waals surface area contributed by atoms with Crippen molar-refractivity contribution in [2.24, 2.45) is 0 Å². The molecule has 32 heavy (non-hydrogen) atoms. The highest BCUT2D eigenvalue weighted by molar-refractivity contribution is 8.00. The predicted molar refractivity (Wildman–Crippen MR) is 130 cm³/mol. The van der Waals surface area contributed by atoms with E-state index in [1.54, 1.807) is 0 Å². The summed E-state index contributed by atoms with van der Waals surface area (Å²) >= 11 is 1.46. The van der Waals surface area contributed by atoms with Crippen molar-refractivity contribution in [3.8, 4) is 5.75 Å². The second kappa shape index (κ2) is 11.3. The minimum atomic E-state index is -0.293. The fraction of sp³-hybridized carbons (Fsp3) is 0.400. The molecule has 0 radical (unpaired) electrons. The van der Waals surface area contributed by atoms with Gasteiger partial charge in [-0.3, -0.25) is 9.69 Å². The lowest BCUT2D eigenvalue weighted by molar-refractivity contribution is 0.0994. The SMILES string of the molecule is CCOc1ccc(C(=O)[C@H](C)Sc2nnc([C@@H](CC)N(C)C)n2Cc2ccccc2)cc1. The zero-order valence-electron chi connectivity index (χ0n) is 19.5. The standard InChI is InChI=1S/C25H32N4O2S/c1-6-22(28(4)5)24-26-27-25(29(24)17-19-11-9-8-10-12-19)32-18(3)23(30)20-13-15-21(16-14-20)31-7-2/h8-16,18,22H,6-7,17H2,1-5H3/t18-,22+/m0/s1. The van der Waals surface area contributed by atoms with Gasteiger partial charge in [0, 0.05) is 5.56 Å². The minimum absolute atomic E-state index is 0.0634. The fourth-order valence-electron chi connectivity index (χ4n) is 3.66. The molecule has 0 spiro atoms. The molecule has 0 aliphatic rings. The second-order valence-electron chi connectivity index (χ2n) is 7.88. The van der Waals surface area contributed by atoms with Crippen LogP contribution in [0.3, 0.4) is 0 Å². The van der Waals surface area contributed by atoms with Gasteiger partial charge in [0.1, 0.15) is 5.75 Å². The van der Waals surface area contributed by atoms with Gasteiger partial charge >= 0.3 is 0 Å². The summed E-state index contributed by atoms with van der Waals surface area (Å²) in [5, 5.41) is 9.51. The van der Waals surface area contributed by atoms with E-state index in [1.807, 2.05) is 56.3 Å². The Bertz CT molecular complexity index is 1000. The Morgan fingerprint density at radius 2 is 1.75 bits per heavy atom. The van der Waals surface area contributed by atoms with Crippen LogP contribution in [0.4, 0.5) is 0 Å². The first kappa shape index (κ1) is 24.0. The van der Waals surface area contributed by atoms with Gasteiger partial charge in [0.2, 0.25) is 0 Å². The number of hydrogen-bond acceptors (Lipinski definition) is 6. The summed E-state index contributed by atoms with van der Waals surface area (Å²) in [6.07, 6.45) is 0.922. The van der Waals surface area contributed by atoms with E-state index in [-0.39, 0.29) is 17.1 Å². The Morgan fingerprint density at radius 3 is 2.34 bits per heavy atom. The highest BCUT2D eigenvalue weighted by atomic mass is 32.2. The number of ketones is 1. The van der Waals surface area contributed by atoms with Crippen LogP contribution in [-0.4, -0.2) is 51.4 Å². The number of benzene rings is 2. The number of Topliss-reactive ketones (excluding diaryl/α,β-unsaturated/α-hetero) is 1. The summed E-state index contributed by atoms with van der Waals surface area (Å²) in [5.74, 6) is 1.75.